The Hall–Kier alpha value is -0.120. The molecule has 78 valence electrons. The Bertz CT molecular complexity index is 144. The third kappa shape index (κ3) is 3.63. The number of aliphatic hydroxyl groups excluding tert-OH is 1. The van der Waals surface area contributed by atoms with Gasteiger partial charge in [0, 0.05) is 19.1 Å². The van der Waals surface area contributed by atoms with Crippen molar-refractivity contribution < 1.29 is 9.84 Å². The molecule has 0 aromatic heterocycles. The molecule has 3 heteroatoms. The zero-order valence-electron chi connectivity index (χ0n) is 8.68. The van der Waals surface area contributed by atoms with Crippen molar-refractivity contribution >= 4 is 0 Å². The molecule has 1 aliphatic rings. The van der Waals surface area contributed by atoms with E-state index in [0.29, 0.717) is 6.61 Å². The van der Waals surface area contributed by atoms with E-state index >= 15 is 0 Å². The predicted molar refractivity (Wildman–Crippen MR) is 52.7 cm³/mol. The first-order chi connectivity index (χ1) is 6.16. The molecule has 3 nitrogen and oxygen atoms in total. The number of ether oxygens (including phenoxy) is 1. The van der Waals surface area contributed by atoms with Gasteiger partial charge in [-0.15, -0.1) is 0 Å². The Labute approximate surface area is 80.5 Å². The highest BCUT2D eigenvalue weighted by Gasteiger charge is 2.27. The van der Waals surface area contributed by atoms with Crippen LogP contribution >= 0.6 is 0 Å². The quantitative estimate of drug-likeness (QED) is 0.683. The molecule has 0 bridgehead atoms. The van der Waals surface area contributed by atoms with Crippen LogP contribution in [0.3, 0.4) is 0 Å². The van der Waals surface area contributed by atoms with Crippen LogP contribution in [0.2, 0.25) is 0 Å². The average Bonchev–Trinajstić information content (AvgIpc) is 2.15. The molecule has 0 radical (unpaired) electrons. The first kappa shape index (κ1) is 11.0. The molecule has 2 N–H and O–H groups in total. The summed E-state index contributed by atoms with van der Waals surface area (Å²) in [5, 5.41) is 12.2. The van der Waals surface area contributed by atoms with Crippen LogP contribution in [0.4, 0.5) is 0 Å². The van der Waals surface area contributed by atoms with Gasteiger partial charge in [0.25, 0.3) is 0 Å². The smallest absolute Gasteiger partial charge is 0.0778 e. The first-order valence-corrected chi connectivity index (χ1v) is 5.12. The zero-order chi connectivity index (χ0) is 9.73. The number of piperidine rings is 1. The van der Waals surface area contributed by atoms with E-state index < -0.39 is 0 Å². The third-order valence-electron chi connectivity index (χ3n) is 2.59. The normalized spacial score (nSPS) is 31.6. The number of hydrogen-bond donors (Lipinski definition) is 2. The van der Waals surface area contributed by atoms with E-state index in [2.05, 4.69) is 12.2 Å². The van der Waals surface area contributed by atoms with Crippen LogP contribution in [0.5, 0.6) is 0 Å². The number of rotatable bonds is 4. The average molecular weight is 187 g/mol. The molecule has 0 aliphatic carbocycles. The topological polar surface area (TPSA) is 41.5 Å². The van der Waals surface area contributed by atoms with Crippen molar-refractivity contribution in [1.29, 1.82) is 0 Å². The molecule has 1 aliphatic heterocycles. The fourth-order valence-corrected chi connectivity index (χ4v) is 1.55. The number of nitrogens with one attached hydrogen (secondary N) is 1. The van der Waals surface area contributed by atoms with Gasteiger partial charge in [0.2, 0.25) is 0 Å². The van der Waals surface area contributed by atoms with Crippen molar-refractivity contribution in [3.63, 3.8) is 0 Å². The van der Waals surface area contributed by atoms with Gasteiger partial charge in [-0.3, -0.25) is 0 Å². The summed E-state index contributed by atoms with van der Waals surface area (Å²) in [7, 11) is 0. The first-order valence-electron chi connectivity index (χ1n) is 5.12. The largest absolute Gasteiger partial charge is 0.396 e. The van der Waals surface area contributed by atoms with Crippen LogP contribution in [0.1, 0.15) is 26.7 Å². The molecular weight excluding hydrogens is 166 g/mol. The molecule has 1 saturated heterocycles. The van der Waals surface area contributed by atoms with Crippen molar-refractivity contribution in [3.05, 3.63) is 0 Å². The standard InChI is InChI=1S/C10H21NO2/c1-9(6-12)7-13-10(2)4-3-5-11-8-10/h9,11-12H,3-8H2,1-2H3. The summed E-state index contributed by atoms with van der Waals surface area (Å²) in [6.07, 6.45) is 2.31. The Morgan fingerprint density at radius 2 is 2.38 bits per heavy atom. The van der Waals surface area contributed by atoms with Gasteiger partial charge in [0.1, 0.15) is 0 Å². The maximum absolute atomic E-state index is 8.85. The van der Waals surface area contributed by atoms with E-state index in [9.17, 15) is 0 Å². The third-order valence-corrected chi connectivity index (χ3v) is 2.59. The Morgan fingerprint density at radius 3 is 2.92 bits per heavy atom. The van der Waals surface area contributed by atoms with Crippen LogP contribution in [-0.4, -0.2) is 37.0 Å². The van der Waals surface area contributed by atoms with Gasteiger partial charge in [0.15, 0.2) is 0 Å². The van der Waals surface area contributed by atoms with E-state index in [0.717, 1.165) is 19.5 Å². The van der Waals surface area contributed by atoms with Gasteiger partial charge in [-0.05, 0) is 26.3 Å². The molecule has 2 unspecified atom stereocenters. The molecular formula is C10H21NO2. The van der Waals surface area contributed by atoms with Crippen LogP contribution in [0.25, 0.3) is 0 Å². The molecule has 0 spiro atoms. The Kier molecular flexibility index (Phi) is 4.16. The van der Waals surface area contributed by atoms with Crippen LogP contribution in [0, 0.1) is 5.92 Å². The molecule has 0 saturated carbocycles. The summed E-state index contributed by atoms with van der Waals surface area (Å²) >= 11 is 0. The molecule has 1 rings (SSSR count). The van der Waals surface area contributed by atoms with E-state index in [1.165, 1.54) is 6.42 Å². The van der Waals surface area contributed by atoms with Crippen LogP contribution in [0.15, 0.2) is 0 Å². The van der Waals surface area contributed by atoms with Crippen molar-refractivity contribution in [1.82, 2.24) is 5.32 Å². The lowest BCUT2D eigenvalue weighted by Crippen LogP contribution is -2.46. The van der Waals surface area contributed by atoms with Crippen molar-refractivity contribution in [3.8, 4) is 0 Å². The van der Waals surface area contributed by atoms with Crippen molar-refractivity contribution in [2.24, 2.45) is 5.92 Å². The molecule has 0 aromatic rings. The van der Waals surface area contributed by atoms with Crippen molar-refractivity contribution in [2.45, 2.75) is 32.3 Å². The lowest BCUT2D eigenvalue weighted by Gasteiger charge is -2.34. The SMILES string of the molecule is CC(CO)COC1(C)CCCNC1. The summed E-state index contributed by atoms with van der Waals surface area (Å²) in [4.78, 5) is 0. The van der Waals surface area contributed by atoms with Crippen LogP contribution < -0.4 is 5.32 Å². The zero-order valence-corrected chi connectivity index (χ0v) is 8.68. The van der Waals surface area contributed by atoms with E-state index in [-0.39, 0.29) is 18.1 Å². The molecule has 2 atom stereocenters. The predicted octanol–water partition coefficient (Wildman–Crippen LogP) is 0.773. The highest BCUT2D eigenvalue weighted by Crippen LogP contribution is 2.20. The minimum atomic E-state index is -0.0122. The summed E-state index contributed by atoms with van der Waals surface area (Å²) < 4.78 is 5.80. The number of hydrogen-bond acceptors (Lipinski definition) is 3. The van der Waals surface area contributed by atoms with Gasteiger partial charge in [0.05, 0.1) is 12.2 Å². The van der Waals surface area contributed by atoms with Gasteiger partial charge in [-0.25, -0.2) is 0 Å². The molecule has 0 aromatic carbocycles. The minimum Gasteiger partial charge on any atom is -0.396 e. The second-order valence-electron chi connectivity index (χ2n) is 4.33. The van der Waals surface area contributed by atoms with E-state index in [4.69, 9.17) is 9.84 Å². The highest BCUT2D eigenvalue weighted by atomic mass is 16.5. The molecule has 1 fully saturated rings. The lowest BCUT2D eigenvalue weighted by molar-refractivity contribution is -0.0646. The second kappa shape index (κ2) is 4.94. The Morgan fingerprint density at radius 1 is 1.62 bits per heavy atom. The van der Waals surface area contributed by atoms with Gasteiger partial charge < -0.3 is 15.2 Å². The van der Waals surface area contributed by atoms with Gasteiger partial charge in [-0.2, -0.15) is 0 Å². The van der Waals surface area contributed by atoms with Gasteiger partial charge >= 0.3 is 0 Å². The summed E-state index contributed by atoms with van der Waals surface area (Å²) in [6.45, 7) is 7.06. The fraction of sp³-hybridized carbons (Fsp3) is 1.00. The summed E-state index contributed by atoms with van der Waals surface area (Å²) in [6, 6.07) is 0. The fourth-order valence-electron chi connectivity index (χ4n) is 1.55. The highest BCUT2D eigenvalue weighted by molar-refractivity contribution is 4.82. The molecule has 13 heavy (non-hydrogen) atoms. The molecule has 0 amide bonds. The van der Waals surface area contributed by atoms with Gasteiger partial charge in [-0.1, -0.05) is 6.92 Å². The molecule has 1 heterocycles. The lowest BCUT2D eigenvalue weighted by atomic mass is 9.96. The maximum Gasteiger partial charge on any atom is 0.0778 e. The minimum absolute atomic E-state index is 0.0122. The summed E-state index contributed by atoms with van der Waals surface area (Å²) in [5.41, 5.74) is -0.0122. The number of aliphatic hydroxyl groups is 1. The maximum atomic E-state index is 8.85. The van der Waals surface area contributed by atoms with Crippen LogP contribution in [-0.2, 0) is 4.74 Å². The van der Waals surface area contributed by atoms with Crippen molar-refractivity contribution in [2.75, 3.05) is 26.3 Å². The van der Waals surface area contributed by atoms with E-state index in [1.54, 1.807) is 0 Å². The summed E-state index contributed by atoms with van der Waals surface area (Å²) in [5.74, 6) is 0.249. The monoisotopic (exact) mass is 187 g/mol. The second-order valence-corrected chi connectivity index (χ2v) is 4.33. The Balaban J connectivity index is 2.24. The van der Waals surface area contributed by atoms with E-state index in [1.807, 2.05) is 6.92 Å².